The van der Waals surface area contributed by atoms with Crippen LogP contribution in [-0.4, -0.2) is 25.7 Å². The van der Waals surface area contributed by atoms with Crippen LogP contribution in [-0.2, 0) is 11.3 Å². The summed E-state index contributed by atoms with van der Waals surface area (Å²) in [6.07, 6.45) is 0.789. The molecule has 1 N–H and O–H groups in total. The topological polar surface area (TPSA) is 56.8 Å². The zero-order chi connectivity index (χ0) is 17.6. The van der Waals surface area contributed by atoms with E-state index >= 15 is 0 Å². The molecule has 25 heavy (non-hydrogen) atoms. The number of carbonyl (C=O) groups excluding carboxylic acids is 1. The van der Waals surface area contributed by atoms with Gasteiger partial charge in [0, 0.05) is 13.0 Å². The Morgan fingerprint density at radius 3 is 2.76 bits per heavy atom. The van der Waals surface area contributed by atoms with Gasteiger partial charge in [-0.25, -0.2) is 4.39 Å². The molecule has 0 saturated carbocycles. The standard InChI is InChI=1S/C18H17ClFNO4/c19-15-8-12(9-16-18(15)24-7-1-6-23-16)10-21-17(22)11-25-14-4-2-13(20)3-5-14/h2-5,8-9H,1,6-7,10-11H2,(H,21,22). The predicted molar refractivity (Wildman–Crippen MR) is 90.8 cm³/mol. The molecule has 2 aromatic rings. The van der Waals surface area contributed by atoms with Crippen LogP contribution in [0.25, 0.3) is 0 Å². The highest BCUT2D eigenvalue weighted by Crippen LogP contribution is 2.37. The molecule has 0 radical (unpaired) electrons. The minimum Gasteiger partial charge on any atom is -0.489 e. The summed E-state index contributed by atoms with van der Waals surface area (Å²) in [6, 6.07) is 9.00. The van der Waals surface area contributed by atoms with Crippen LogP contribution in [0.2, 0.25) is 5.02 Å². The zero-order valence-electron chi connectivity index (χ0n) is 13.4. The molecule has 0 bridgehead atoms. The second-order valence-corrected chi connectivity index (χ2v) is 5.88. The fraction of sp³-hybridized carbons (Fsp3) is 0.278. The molecule has 5 nitrogen and oxygen atoms in total. The van der Waals surface area contributed by atoms with Crippen molar-refractivity contribution in [3.05, 3.63) is 52.8 Å². The van der Waals surface area contributed by atoms with Crippen LogP contribution in [0.15, 0.2) is 36.4 Å². The third-order valence-electron chi connectivity index (χ3n) is 3.54. The highest BCUT2D eigenvalue weighted by molar-refractivity contribution is 6.32. The van der Waals surface area contributed by atoms with Crippen molar-refractivity contribution in [3.63, 3.8) is 0 Å². The maximum atomic E-state index is 12.8. The molecule has 0 saturated heterocycles. The summed E-state index contributed by atoms with van der Waals surface area (Å²) in [7, 11) is 0. The molecule has 132 valence electrons. The van der Waals surface area contributed by atoms with Gasteiger partial charge in [-0.15, -0.1) is 0 Å². The highest BCUT2D eigenvalue weighted by atomic mass is 35.5. The van der Waals surface area contributed by atoms with Gasteiger partial charge in [0.15, 0.2) is 18.1 Å². The Kier molecular flexibility index (Phi) is 5.60. The first kappa shape index (κ1) is 17.4. The molecule has 0 spiro atoms. The highest BCUT2D eigenvalue weighted by Gasteiger charge is 2.16. The van der Waals surface area contributed by atoms with E-state index in [0.717, 1.165) is 12.0 Å². The third kappa shape index (κ3) is 4.76. The second kappa shape index (κ2) is 8.07. The first-order valence-corrected chi connectivity index (χ1v) is 8.23. The largest absolute Gasteiger partial charge is 0.489 e. The Balaban J connectivity index is 1.54. The summed E-state index contributed by atoms with van der Waals surface area (Å²) >= 11 is 6.22. The van der Waals surface area contributed by atoms with Crippen LogP contribution in [0.3, 0.4) is 0 Å². The predicted octanol–water partition coefficient (Wildman–Crippen LogP) is 3.34. The van der Waals surface area contributed by atoms with Crippen LogP contribution >= 0.6 is 11.6 Å². The summed E-state index contributed by atoms with van der Waals surface area (Å²) in [6.45, 7) is 1.24. The molecule has 0 atom stereocenters. The van der Waals surface area contributed by atoms with Crippen LogP contribution in [0, 0.1) is 5.82 Å². The number of ether oxygens (including phenoxy) is 3. The van der Waals surface area contributed by atoms with Crippen LogP contribution in [0.4, 0.5) is 4.39 Å². The van der Waals surface area contributed by atoms with Crippen molar-refractivity contribution >= 4 is 17.5 Å². The van der Waals surface area contributed by atoms with Crippen molar-refractivity contribution in [1.82, 2.24) is 5.32 Å². The lowest BCUT2D eigenvalue weighted by Crippen LogP contribution is -2.28. The van der Waals surface area contributed by atoms with Crippen molar-refractivity contribution in [3.8, 4) is 17.2 Å². The van der Waals surface area contributed by atoms with Crippen molar-refractivity contribution in [2.24, 2.45) is 0 Å². The van der Waals surface area contributed by atoms with Gasteiger partial charge < -0.3 is 19.5 Å². The van der Waals surface area contributed by atoms with Gasteiger partial charge >= 0.3 is 0 Å². The van der Waals surface area contributed by atoms with E-state index in [1.807, 2.05) is 0 Å². The monoisotopic (exact) mass is 365 g/mol. The van der Waals surface area contributed by atoms with Gasteiger partial charge in [0.1, 0.15) is 11.6 Å². The fourth-order valence-electron chi connectivity index (χ4n) is 2.32. The molecule has 1 amide bonds. The first-order valence-electron chi connectivity index (χ1n) is 7.85. The summed E-state index contributed by atoms with van der Waals surface area (Å²) < 4.78 is 29.3. The van der Waals surface area contributed by atoms with Gasteiger partial charge in [-0.1, -0.05) is 11.6 Å². The molecular weight excluding hydrogens is 349 g/mol. The number of benzene rings is 2. The molecule has 0 aromatic heterocycles. The number of nitrogens with one attached hydrogen (secondary N) is 1. The SMILES string of the molecule is O=C(COc1ccc(F)cc1)NCc1cc(Cl)c2c(c1)OCCCO2. The molecule has 1 aliphatic rings. The number of rotatable bonds is 5. The molecule has 1 aliphatic heterocycles. The van der Waals surface area contributed by atoms with E-state index < -0.39 is 0 Å². The quantitative estimate of drug-likeness (QED) is 0.883. The van der Waals surface area contributed by atoms with Crippen molar-refractivity contribution in [2.75, 3.05) is 19.8 Å². The fourth-order valence-corrected chi connectivity index (χ4v) is 2.61. The first-order chi connectivity index (χ1) is 12.1. The molecule has 7 heteroatoms. The summed E-state index contributed by atoms with van der Waals surface area (Å²) in [5.74, 6) is 0.886. The van der Waals surface area contributed by atoms with Gasteiger partial charge in [0.25, 0.3) is 5.91 Å². The smallest absolute Gasteiger partial charge is 0.258 e. The van der Waals surface area contributed by atoms with Crippen molar-refractivity contribution in [1.29, 1.82) is 0 Å². The van der Waals surface area contributed by atoms with Crippen molar-refractivity contribution in [2.45, 2.75) is 13.0 Å². The molecule has 2 aromatic carbocycles. The molecule has 0 fully saturated rings. The van der Waals surface area contributed by atoms with Gasteiger partial charge in [0.2, 0.25) is 0 Å². The number of fused-ring (bicyclic) bond motifs is 1. The molecule has 0 unspecified atom stereocenters. The number of carbonyl (C=O) groups is 1. The Labute approximate surface area is 149 Å². The number of halogens is 2. The average molecular weight is 366 g/mol. The maximum absolute atomic E-state index is 12.8. The van der Waals surface area contributed by atoms with E-state index in [0.29, 0.717) is 35.5 Å². The minimum absolute atomic E-state index is 0.163. The Morgan fingerprint density at radius 1 is 1.20 bits per heavy atom. The van der Waals surface area contributed by atoms with Crippen LogP contribution in [0.5, 0.6) is 17.2 Å². The average Bonchev–Trinajstić information content (AvgIpc) is 2.85. The van der Waals surface area contributed by atoms with Gasteiger partial charge in [-0.05, 0) is 42.0 Å². The van der Waals surface area contributed by atoms with E-state index in [9.17, 15) is 9.18 Å². The van der Waals surface area contributed by atoms with Gasteiger partial charge in [0.05, 0.1) is 18.2 Å². The molecule has 0 aliphatic carbocycles. The summed E-state index contributed by atoms with van der Waals surface area (Å²) in [5, 5.41) is 3.19. The van der Waals surface area contributed by atoms with E-state index in [4.69, 9.17) is 25.8 Å². The van der Waals surface area contributed by atoms with Gasteiger partial charge in [-0.3, -0.25) is 4.79 Å². The van der Waals surface area contributed by atoms with Crippen molar-refractivity contribution < 1.29 is 23.4 Å². The van der Waals surface area contributed by atoms with E-state index in [2.05, 4.69) is 5.32 Å². The number of hydrogen-bond acceptors (Lipinski definition) is 4. The summed E-state index contributed by atoms with van der Waals surface area (Å²) in [4.78, 5) is 11.9. The Bertz CT molecular complexity index is 751. The lowest BCUT2D eigenvalue weighted by Gasteiger charge is -2.12. The Hall–Kier alpha value is -2.47. The van der Waals surface area contributed by atoms with Gasteiger partial charge in [-0.2, -0.15) is 0 Å². The zero-order valence-corrected chi connectivity index (χ0v) is 14.1. The molecule has 1 heterocycles. The lowest BCUT2D eigenvalue weighted by atomic mass is 10.2. The number of amides is 1. The Morgan fingerprint density at radius 2 is 1.96 bits per heavy atom. The normalized spacial score (nSPS) is 13.0. The minimum atomic E-state index is -0.358. The van der Waals surface area contributed by atoms with E-state index in [1.165, 1.54) is 24.3 Å². The lowest BCUT2D eigenvalue weighted by molar-refractivity contribution is -0.123. The van der Waals surface area contributed by atoms with Crippen LogP contribution < -0.4 is 19.5 Å². The van der Waals surface area contributed by atoms with Crippen LogP contribution in [0.1, 0.15) is 12.0 Å². The van der Waals surface area contributed by atoms with E-state index in [-0.39, 0.29) is 24.9 Å². The summed E-state index contributed by atoms with van der Waals surface area (Å²) in [5.41, 5.74) is 0.796. The maximum Gasteiger partial charge on any atom is 0.258 e. The molecule has 3 rings (SSSR count). The third-order valence-corrected chi connectivity index (χ3v) is 3.82. The number of hydrogen-bond donors (Lipinski definition) is 1. The second-order valence-electron chi connectivity index (χ2n) is 5.47. The molecular formula is C18H17ClFNO4. The van der Waals surface area contributed by atoms with E-state index in [1.54, 1.807) is 12.1 Å².